The van der Waals surface area contributed by atoms with Crippen LogP contribution in [0.15, 0.2) is 60.7 Å². The first-order chi connectivity index (χ1) is 13.1. The van der Waals surface area contributed by atoms with Crippen molar-refractivity contribution in [1.29, 1.82) is 0 Å². The first kappa shape index (κ1) is 19.1. The molecule has 1 saturated heterocycles. The maximum atomic E-state index is 13.2. The number of carbonyl (C=O) groups excluding carboxylic acids is 2. The molecule has 0 aromatic heterocycles. The van der Waals surface area contributed by atoms with Crippen LogP contribution in [0.3, 0.4) is 0 Å². The van der Waals surface area contributed by atoms with E-state index in [1.54, 1.807) is 9.80 Å². The van der Waals surface area contributed by atoms with Gasteiger partial charge in [-0.05, 0) is 30.9 Å². The van der Waals surface area contributed by atoms with Crippen LogP contribution in [0.2, 0.25) is 0 Å². The SMILES string of the molecule is C[C@@H](c1ccccc1)N1C(=O)CN(Cc2ccccc2)C(=O)[C@@H]1CCCO. The molecule has 142 valence electrons. The molecule has 0 bridgehead atoms. The lowest BCUT2D eigenvalue weighted by molar-refractivity contribution is -0.159. The molecule has 2 aromatic carbocycles. The zero-order chi connectivity index (χ0) is 19.2. The Morgan fingerprint density at radius 2 is 1.67 bits per heavy atom. The van der Waals surface area contributed by atoms with Crippen molar-refractivity contribution in [2.75, 3.05) is 13.2 Å². The highest BCUT2D eigenvalue weighted by Gasteiger charge is 2.41. The molecule has 1 heterocycles. The normalized spacial score (nSPS) is 18.7. The summed E-state index contributed by atoms with van der Waals surface area (Å²) in [5, 5.41) is 9.26. The van der Waals surface area contributed by atoms with Crippen molar-refractivity contribution in [2.24, 2.45) is 0 Å². The van der Waals surface area contributed by atoms with Crippen LogP contribution in [0, 0.1) is 0 Å². The Bertz CT molecular complexity index is 764. The maximum Gasteiger partial charge on any atom is 0.246 e. The second kappa shape index (κ2) is 8.82. The van der Waals surface area contributed by atoms with Gasteiger partial charge in [-0.15, -0.1) is 0 Å². The number of benzene rings is 2. The molecule has 0 spiro atoms. The zero-order valence-electron chi connectivity index (χ0n) is 15.6. The molecule has 0 aliphatic carbocycles. The van der Waals surface area contributed by atoms with Crippen LogP contribution in [-0.2, 0) is 16.1 Å². The third-order valence-electron chi connectivity index (χ3n) is 5.10. The summed E-state index contributed by atoms with van der Waals surface area (Å²) in [6.07, 6.45) is 0.949. The largest absolute Gasteiger partial charge is 0.396 e. The third-order valence-corrected chi connectivity index (χ3v) is 5.10. The molecule has 0 radical (unpaired) electrons. The molecule has 1 fully saturated rings. The predicted octanol–water partition coefficient (Wildman–Crippen LogP) is 2.76. The quantitative estimate of drug-likeness (QED) is 0.820. The first-order valence-corrected chi connectivity index (χ1v) is 9.41. The molecule has 2 amide bonds. The van der Waals surface area contributed by atoms with Gasteiger partial charge >= 0.3 is 0 Å². The second-order valence-corrected chi connectivity index (χ2v) is 6.95. The molecule has 1 aliphatic rings. The highest BCUT2D eigenvalue weighted by molar-refractivity contribution is 5.95. The Balaban J connectivity index is 1.84. The van der Waals surface area contributed by atoms with E-state index in [0.29, 0.717) is 19.4 Å². The van der Waals surface area contributed by atoms with Gasteiger partial charge in [-0.3, -0.25) is 9.59 Å². The molecule has 5 nitrogen and oxygen atoms in total. The topological polar surface area (TPSA) is 60.9 Å². The van der Waals surface area contributed by atoms with Crippen molar-refractivity contribution in [3.05, 3.63) is 71.8 Å². The first-order valence-electron chi connectivity index (χ1n) is 9.41. The fourth-order valence-corrected chi connectivity index (χ4v) is 3.69. The minimum Gasteiger partial charge on any atom is -0.396 e. The lowest BCUT2D eigenvalue weighted by Crippen LogP contribution is -2.60. The Morgan fingerprint density at radius 3 is 2.30 bits per heavy atom. The molecule has 2 atom stereocenters. The predicted molar refractivity (Wildman–Crippen MR) is 104 cm³/mol. The van der Waals surface area contributed by atoms with Gasteiger partial charge in [0.15, 0.2) is 0 Å². The highest BCUT2D eigenvalue weighted by atomic mass is 16.3. The van der Waals surface area contributed by atoms with Crippen LogP contribution < -0.4 is 0 Å². The lowest BCUT2D eigenvalue weighted by atomic mass is 9.98. The number of aliphatic hydroxyl groups is 1. The van der Waals surface area contributed by atoms with E-state index in [2.05, 4.69) is 0 Å². The monoisotopic (exact) mass is 366 g/mol. The van der Waals surface area contributed by atoms with Gasteiger partial charge in [-0.25, -0.2) is 0 Å². The number of nitrogens with zero attached hydrogens (tertiary/aromatic N) is 2. The Hall–Kier alpha value is -2.66. The van der Waals surface area contributed by atoms with Crippen molar-refractivity contribution in [2.45, 2.75) is 38.4 Å². The van der Waals surface area contributed by atoms with Crippen molar-refractivity contribution in [1.82, 2.24) is 9.80 Å². The summed E-state index contributed by atoms with van der Waals surface area (Å²) in [5.41, 5.74) is 2.01. The standard InChI is InChI=1S/C22H26N2O3/c1-17(19-11-6-3-7-12-19)24-20(13-8-14-25)22(27)23(16-21(24)26)15-18-9-4-2-5-10-18/h2-7,9-12,17,20,25H,8,13-16H2,1H3/t17-,20-/m0/s1. The minimum atomic E-state index is -0.544. The fraction of sp³-hybridized carbons (Fsp3) is 0.364. The number of aliphatic hydroxyl groups excluding tert-OH is 1. The summed E-state index contributed by atoms with van der Waals surface area (Å²) >= 11 is 0. The lowest BCUT2D eigenvalue weighted by Gasteiger charge is -2.43. The van der Waals surface area contributed by atoms with Crippen LogP contribution in [0.4, 0.5) is 0 Å². The molecule has 3 rings (SSSR count). The van der Waals surface area contributed by atoms with Crippen molar-refractivity contribution < 1.29 is 14.7 Å². The minimum absolute atomic E-state index is 0.00418. The van der Waals surface area contributed by atoms with E-state index in [9.17, 15) is 14.7 Å². The number of carbonyl (C=O) groups is 2. The van der Waals surface area contributed by atoms with Gasteiger partial charge in [0.25, 0.3) is 0 Å². The van der Waals surface area contributed by atoms with Gasteiger partial charge in [0.05, 0.1) is 6.04 Å². The average Bonchev–Trinajstić information content (AvgIpc) is 2.70. The molecule has 27 heavy (non-hydrogen) atoms. The van der Waals surface area contributed by atoms with E-state index in [1.165, 1.54) is 0 Å². The van der Waals surface area contributed by atoms with Gasteiger partial charge in [0, 0.05) is 13.2 Å². The molecule has 1 aliphatic heterocycles. The molecular weight excluding hydrogens is 340 g/mol. The summed E-state index contributed by atoms with van der Waals surface area (Å²) in [7, 11) is 0. The average molecular weight is 366 g/mol. The van der Waals surface area contributed by atoms with Gasteiger partial charge < -0.3 is 14.9 Å². The van der Waals surface area contributed by atoms with Crippen LogP contribution in [0.1, 0.15) is 36.9 Å². The zero-order valence-corrected chi connectivity index (χ0v) is 15.6. The molecule has 1 N–H and O–H groups in total. The van der Waals surface area contributed by atoms with Crippen molar-refractivity contribution >= 4 is 11.8 Å². The summed E-state index contributed by atoms with van der Waals surface area (Å²) in [4.78, 5) is 29.5. The van der Waals surface area contributed by atoms with E-state index in [-0.39, 0.29) is 31.0 Å². The van der Waals surface area contributed by atoms with Crippen LogP contribution >= 0.6 is 0 Å². The third kappa shape index (κ3) is 4.37. The Labute approximate surface area is 160 Å². The number of hydrogen-bond acceptors (Lipinski definition) is 3. The number of amides is 2. The number of rotatable bonds is 7. The fourth-order valence-electron chi connectivity index (χ4n) is 3.69. The summed E-state index contributed by atoms with van der Waals surface area (Å²) < 4.78 is 0. The number of hydrogen-bond donors (Lipinski definition) is 1. The van der Waals surface area contributed by atoms with Crippen molar-refractivity contribution in [3.8, 4) is 0 Å². The maximum absolute atomic E-state index is 13.2. The Morgan fingerprint density at radius 1 is 1.04 bits per heavy atom. The van der Waals surface area contributed by atoms with Gasteiger partial charge in [0.2, 0.25) is 11.8 Å². The summed E-state index contributed by atoms with van der Waals surface area (Å²) in [6.45, 7) is 2.47. The molecular formula is C22H26N2O3. The van der Waals surface area contributed by atoms with Crippen LogP contribution in [0.25, 0.3) is 0 Å². The van der Waals surface area contributed by atoms with E-state index in [1.807, 2.05) is 67.6 Å². The highest BCUT2D eigenvalue weighted by Crippen LogP contribution is 2.29. The van der Waals surface area contributed by atoms with Crippen LogP contribution in [0.5, 0.6) is 0 Å². The molecule has 0 saturated carbocycles. The van der Waals surface area contributed by atoms with E-state index >= 15 is 0 Å². The van der Waals surface area contributed by atoms with Gasteiger partial charge in [-0.2, -0.15) is 0 Å². The smallest absolute Gasteiger partial charge is 0.246 e. The van der Waals surface area contributed by atoms with Crippen LogP contribution in [-0.4, -0.2) is 45.9 Å². The second-order valence-electron chi connectivity index (χ2n) is 6.95. The summed E-state index contributed by atoms with van der Waals surface area (Å²) in [5.74, 6) is -0.0977. The van der Waals surface area contributed by atoms with E-state index < -0.39 is 6.04 Å². The Kier molecular flexibility index (Phi) is 6.24. The van der Waals surface area contributed by atoms with Crippen molar-refractivity contribution in [3.63, 3.8) is 0 Å². The number of piperazine rings is 1. The molecule has 5 heteroatoms. The molecule has 2 aromatic rings. The molecule has 0 unspecified atom stereocenters. The van der Waals surface area contributed by atoms with E-state index in [4.69, 9.17) is 0 Å². The van der Waals surface area contributed by atoms with E-state index in [0.717, 1.165) is 11.1 Å². The summed E-state index contributed by atoms with van der Waals surface area (Å²) in [6, 6.07) is 18.7. The van der Waals surface area contributed by atoms with Gasteiger partial charge in [0.1, 0.15) is 12.6 Å². The van der Waals surface area contributed by atoms with Gasteiger partial charge in [-0.1, -0.05) is 60.7 Å².